The van der Waals surface area contributed by atoms with Crippen molar-refractivity contribution in [1.29, 1.82) is 0 Å². The van der Waals surface area contributed by atoms with E-state index in [1.54, 1.807) is 6.07 Å². The minimum atomic E-state index is -0.556. The number of nitrogens with one attached hydrogen (secondary N) is 2. The molecule has 0 radical (unpaired) electrons. The van der Waals surface area contributed by atoms with Gasteiger partial charge in [0.15, 0.2) is 0 Å². The maximum atomic E-state index is 13.2. The molecule has 3 aromatic rings. The minimum absolute atomic E-state index is 0.138. The van der Waals surface area contributed by atoms with Gasteiger partial charge in [-0.05, 0) is 62.0 Å². The molecule has 6 heteroatoms. The van der Waals surface area contributed by atoms with Gasteiger partial charge in [0, 0.05) is 30.3 Å². The molecule has 0 spiro atoms. The van der Waals surface area contributed by atoms with Crippen molar-refractivity contribution in [3.63, 3.8) is 0 Å². The fourth-order valence-electron chi connectivity index (χ4n) is 4.03. The Morgan fingerprint density at radius 3 is 2.49 bits per heavy atom. The van der Waals surface area contributed by atoms with Crippen molar-refractivity contribution in [2.24, 2.45) is 4.99 Å². The molecule has 1 unspecified atom stereocenters. The Morgan fingerprint density at radius 1 is 1.06 bits per heavy atom. The normalized spacial score (nSPS) is 14.7. The van der Waals surface area contributed by atoms with Crippen molar-refractivity contribution < 1.29 is 9.59 Å². The SMILES string of the molecule is CCNC(=O)C#Cc1ccc2c(c1)NC(=O)C2C(=Nc1ccc(CN(C)C)cc1)c1ccccc1. The summed E-state index contributed by atoms with van der Waals surface area (Å²) in [5.41, 5.74) is 5.74. The molecule has 0 aromatic heterocycles. The first-order valence-electron chi connectivity index (χ1n) is 11.6. The van der Waals surface area contributed by atoms with Gasteiger partial charge in [-0.1, -0.05) is 54.5 Å². The van der Waals surface area contributed by atoms with Gasteiger partial charge in [0.25, 0.3) is 5.91 Å². The fraction of sp³-hybridized carbons (Fsp3) is 0.207. The Balaban J connectivity index is 1.71. The lowest BCUT2D eigenvalue weighted by atomic mass is 9.90. The summed E-state index contributed by atoms with van der Waals surface area (Å²) < 4.78 is 0. The highest BCUT2D eigenvalue weighted by molar-refractivity contribution is 6.24. The molecule has 1 aliphatic rings. The molecule has 2 N–H and O–H groups in total. The number of hydrogen-bond donors (Lipinski definition) is 2. The van der Waals surface area contributed by atoms with Gasteiger partial charge in [0.2, 0.25) is 5.91 Å². The van der Waals surface area contributed by atoms with Crippen LogP contribution in [0.25, 0.3) is 0 Å². The Hall–Kier alpha value is -4.21. The molecule has 0 saturated carbocycles. The first-order valence-corrected chi connectivity index (χ1v) is 11.6. The number of anilines is 1. The van der Waals surface area contributed by atoms with E-state index in [-0.39, 0.29) is 11.8 Å². The highest BCUT2D eigenvalue weighted by Gasteiger charge is 2.35. The number of amides is 2. The molecule has 6 nitrogen and oxygen atoms in total. The van der Waals surface area contributed by atoms with E-state index in [2.05, 4.69) is 39.5 Å². The number of fused-ring (bicyclic) bond motifs is 1. The zero-order chi connectivity index (χ0) is 24.8. The van der Waals surface area contributed by atoms with E-state index in [9.17, 15) is 9.59 Å². The van der Waals surface area contributed by atoms with Gasteiger partial charge in [-0.3, -0.25) is 14.6 Å². The number of rotatable bonds is 6. The first-order chi connectivity index (χ1) is 16.9. The summed E-state index contributed by atoms with van der Waals surface area (Å²) in [5, 5.41) is 5.62. The smallest absolute Gasteiger partial charge is 0.296 e. The summed E-state index contributed by atoms with van der Waals surface area (Å²) in [4.78, 5) is 31.9. The summed E-state index contributed by atoms with van der Waals surface area (Å²) in [7, 11) is 4.07. The maximum Gasteiger partial charge on any atom is 0.296 e. The molecule has 1 atom stereocenters. The number of carbonyl (C=O) groups excluding carboxylic acids is 2. The molecule has 0 bridgehead atoms. The molecule has 0 aliphatic carbocycles. The van der Waals surface area contributed by atoms with Gasteiger partial charge in [-0.2, -0.15) is 0 Å². The second kappa shape index (κ2) is 10.8. The second-order valence-corrected chi connectivity index (χ2v) is 8.60. The molecule has 0 fully saturated rings. The van der Waals surface area contributed by atoms with Crippen LogP contribution >= 0.6 is 0 Å². The number of carbonyl (C=O) groups is 2. The first kappa shape index (κ1) is 23.9. The molecule has 4 rings (SSSR count). The van der Waals surface area contributed by atoms with Crippen molar-refractivity contribution in [3.8, 4) is 11.8 Å². The summed E-state index contributed by atoms with van der Waals surface area (Å²) >= 11 is 0. The summed E-state index contributed by atoms with van der Waals surface area (Å²) in [6.07, 6.45) is 0. The lowest BCUT2D eigenvalue weighted by molar-refractivity contribution is -0.116. The molecule has 176 valence electrons. The average Bonchev–Trinajstić information content (AvgIpc) is 3.17. The van der Waals surface area contributed by atoms with Gasteiger partial charge >= 0.3 is 0 Å². The van der Waals surface area contributed by atoms with Crippen molar-refractivity contribution in [2.75, 3.05) is 26.0 Å². The van der Waals surface area contributed by atoms with Crippen LogP contribution in [0, 0.1) is 11.8 Å². The summed E-state index contributed by atoms with van der Waals surface area (Å²) in [6.45, 7) is 3.21. The third-order valence-electron chi connectivity index (χ3n) is 5.57. The van der Waals surface area contributed by atoms with Crippen LogP contribution < -0.4 is 10.6 Å². The fourth-order valence-corrected chi connectivity index (χ4v) is 4.03. The van der Waals surface area contributed by atoms with Crippen LogP contribution in [-0.4, -0.2) is 43.1 Å². The van der Waals surface area contributed by atoms with Crippen molar-refractivity contribution >= 4 is 28.9 Å². The zero-order valence-electron chi connectivity index (χ0n) is 20.1. The van der Waals surface area contributed by atoms with Crippen LogP contribution in [0.3, 0.4) is 0 Å². The number of hydrogen-bond acceptors (Lipinski definition) is 4. The van der Waals surface area contributed by atoms with E-state index in [0.29, 0.717) is 23.5 Å². The Kier molecular flexibility index (Phi) is 7.39. The van der Waals surface area contributed by atoms with Crippen LogP contribution in [0.2, 0.25) is 0 Å². The second-order valence-electron chi connectivity index (χ2n) is 8.60. The van der Waals surface area contributed by atoms with Crippen LogP contribution in [-0.2, 0) is 16.1 Å². The predicted molar refractivity (Wildman–Crippen MR) is 140 cm³/mol. The van der Waals surface area contributed by atoms with E-state index in [0.717, 1.165) is 23.4 Å². The minimum Gasteiger partial charge on any atom is -0.346 e. The van der Waals surface area contributed by atoms with E-state index >= 15 is 0 Å². The molecule has 1 heterocycles. The monoisotopic (exact) mass is 464 g/mol. The Labute approximate surface area is 206 Å². The lowest BCUT2D eigenvalue weighted by Crippen LogP contribution is -2.21. The lowest BCUT2D eigenvalue weighted by Gasteiger charge is -2.14. The highest BCUT2D eigenvalue weighted by atomic mass is 16.2. The third-order valence-corrected chi connectivity index (χ3v) is 5.57. The summed E-state index contributed by atoms with van der Waals surface area (Å²) in [5.74, 6) is 4.41. The van der Waals surface area contributed by atoms with Gasteiger partial charge in [0.1, 0.15) is 5.92 Å². The van der Waals surface area contributed by atoms with Crippen LogP contribution in [0.5, 0.6) is 0 Å². The molecular weight excluding hydrogens is 436 g/mol. The van der Waals surface area contributed by atoms with E-state index in [1.807, 2.05) is 75.6 Å². The van der Waals surface area contributed by atoms with E-state index in [1.165, 1.54) is 5.56 Å². The molecule has 35 heavy (non-hydrogen) atoms. The number of nitrogens with zero attached hydrogens (tertiary/aromatic N) is 2. The van der Waals surface area contributed by atoms with Crippen molar-refractivity contribution in [2.45, 2.75) is 19.4 Å². The van der Waals surface area contributed by atoms with Crippen molar-refractivity contribution in [1.82, 2.24) is 10.2 Å². The topological polar surface area (TPSA) is 73.8 Å². The maximum absolute atomic E-state index is 13.2. The number of benzene rings is 3. The largest absolute Gasteiger partial charge is 0.346 e. The van der Waals surface area contributed by atoms with E-state index < -0.39 is 5.92 Å². The standard InChI is InChI=1S/C29H28N4O2/c1-4-30-26(34)17-13-20-12-16-24-25(18-20)32-29(35)27(24)28(22-8-6-5-7-9-22)31-23-14-10-21(11-15-23)19-33(2)3/h5-12,14-16,18,27H,4,19H2,1-3H3,(H,30,34)(H,32,35). The van der Waals surface area contributed by atoms with E-state index in [4.69, 9.17) is 4.99 Å². The Morgan fingerprint density at radius 2 is 1.80 bits per heavy atom. The van der Waals surface area contributed by atoms with Gasteiger partial charge in [0.05, 0.1) is 11.4 Å². The molecule has 3 aromatic carbocycles. The average molecular weight is 465 g/mol. The third kappa shape index (κ3) is 5.84. The predicted octanol–water partition coefficient (Wildman–Crippen LogP) is 4.09. The van der Waals surface area contributed by atoms with Gasteiger partial charge in [-0.25, -0.2) is 0 Å². The van der Waals surface area contributed by atoms with Gasteiger partial charge < -0.3 is 15.5 Å². The summed E-state index contributed by atoms with van der Waals surface area (Å²) in [6, 6.07) is 23.4. The van der Waals surface area contributed by atoms with Crippen molar-refractivity contribution in [3.05, 3.63) is 95.1 Å². The number of aliphatic imine (C=N–C) groups is 1. The highest BCUT2D eigenvalue weighted by Crippen LogP contribution is 2.36. The van der Waals surface area contributed by atoms with Crippen LogP contribution in [0.4, 0.5) is 11.4 Å². The molecule has 0 saturated heterocycles. The Bertz CT molecular complexity index is 1320. The van der Waals surface area contributed by atoms with Crippen LogP contribution in [0.15, 0.2) is 77.8 Å². The van der Waals surface area contributed by atoms with Crippen LogP contribution in [0.1, 0.15) is 35.1 Å². The molecular formula is C29H28N4O2. The molecule has 1 aliphatic heterocycles. The molecule has 2 amide bonds. The van der Waals surface area contributed by atoms with Gasteiger partial charge in [-0.15, -0.1) is 0 Å². The zero-order valence-corrected chi connectivity index (χ0v) is 20.1. The quantitative estimate of drug-likeness (QED) is 0.426.